The van der Waals surface area contributed by atoms with Gasteiger partial charge in [-0.3, -0.25) is 4.79 Å². The molecule has 1 aliphatic heterocycles. The molecule has 23 heavy (non-hydrogen) atoms. The summed E-state index contributed by atoms with van der Waals surface area (Å²) < 4.78 is 0. The van der Waals surface area contributed by atoms with Gasteiger partial charge in [-0.25, -0.2) is 4.79 Å². The minimum atomic E-state index is -1.15. The van der Waals surface area contributed by atoms with Crippen molar-refractivity contribution in [2.45, 2.75) is 25.3 Å². The molecule has 1 saturated heterocycles. The number of carbonyl (C=O) groups excluding carboxylic acids is 1. The summed E-state index contributed by atoms with van der Waals surface area (Å²) in [6, 6.07) is 6.82. The molecule has 0 radical (unpaired) electrons. The topological polar surface area (TPSA) is 99.2 Å². The van der Waals surface area contributed by atoms with Crippen LogP contribution in [0.4, 0.5) is 0 Å². The predicted molar refractivity (Wildman–Crippen MR) is 82.2 cm³/mol. The minimum Gasteiger partial charge on any atom is -0.476 e. The van der Waals surface area contributed by atoms with Gasteiger partial charge in [0.2, 0.25) is 5.91 Å². The van der Waals surface area contributed by atoms with Gasteiger partial charge in [0.1, 0.15) is 5.69 Å². The lowest BCUT2D eigenvalue weighted by molar-refractivity contribution is -0.131. The lowest BCUT2D eigenvalue weighted by atomic mass is 10.1. The summed E-state index contributed by atoms with van der Waals surface area (Å²) in [5, 5.41) is 19.6. The van der Waals surface area contributed by atoms with Gasteiger partial charge >= 0.3 is 5.97 Å². The molecule has 7 nitrogen and oxygen atoms in total. The van der Waals surface area contributed by atoms with Crippen LogP contribution in [0.5, 0.6) is 0 Å². The molecule has 3 rings (SSSR count). The van der Waals surface area contributed by atoms with Crippen molar-refractivity contribution in [3.8, 4) is 0 Å². The van der Waals surface area contributed by atoms with E-state index in [1.54, 1.807) is 11.0 Å². The van der Waals surface area contributed by atoms with Gasteiger partial charge in [0, 0.05) is 11.6 Å². The second kappa shape index (κ2) is 6.37. The zero-order valence-corrected chi connectivity index (χ0v) is 13.0. The van der Waals surface area contributed by atoms with Crippen molar-refractivity contribution in [2.24, 2.45) is 0 Å². The lowest BCUT2D eigenvalue weighted by Crippen LogP contribution is -2.32. The molecule has 120 valence electrons. The molecular formula is C15H15ClN4O3. The molecule has 2 aromatic rings. The monoisotopic (exact) mass is 334 g/mol. The van der Waals surface area contributed by atoms with Crippen LogP contribution >= 0.6 is 11.6 Å². The van der Waals surface area contributed by atoms with Crippen LogP contribution in [-0.4, -0.2) is 43.8 Å². The fraction of sp³-hybridized carbons (Fsp3) is 0.333. The maximum atomic E-state index is 12.6. The average molecular weight is 335 g/mol. The summed E-state index contributed by atoms with van der Waals surface area (Å²) >= 11 is 6.10. The molecule has 1 aromatic carbocycles. The van der Waals surface area contributed by atoms with Crippen LogP contribution in [0.1, 0.15) is 40.6 Å². The number of carboxylic acids is 1. The minimum absolute atomic E-state index is 0.0973. The van der Waals surface area contributed by atoms with E-state index in [1.807, 2.05) is 18.2 Å². The maximum Gasteiger partial charge on any atom is 0.358 e. The number of aromatic nitrogens is 3. The van der Waals surface area contributed by atoms with Crippen molar-refractivity contribution in [1.29, 1.82) is 0 Å². The van der Waals surface area contributed by atoms with Gasteiger partial charge in [0.15, 0.2) is 5.69 Å². The maximum absolute atomic E-state index is 12.6. The van der Waals surface area contributed by atoms with E-state index < -0.39 is 5.97 Å². The number of carboxylic acid groups (broad SMARTS) is 1. The second-order valence-electron chi connectivity index (χ2n) is 5.38. The quantitative estimate of drug-likeness (QED) is 0.891. The second-order valence-corrected chi connectivity index (χ2v) is 5.78. The summed E-state index contributed by atoms with van der Waals surface area (Å²) in [7, 11) is 0. The van der Waals surface area contributed by atoms with Crippen LogP contribution in [0.3, 0.4) is 0 Å². The third-order valence-corrected chi connectivity index (χ3v) is 4.33. The third kappa shape index (κ3) is 3.05. The fourth-order valence-electron chi connectivity index (χ4n) is 2.88. The molecule has 0 spiro atoms. The zero-order chi connectivity index (χ0) is 16.4. The van der Waals surface area contributed by atoms with E-state index >= 15 is 0 Å². The van der Waals surface area contributed by atoms with E-state index in [-0.39, 0.29) is 24.1 Å². The number of benzene rings is 1. The first-order chi connectivity index (χ1) is 11.1. The Balaban J connectivity index is 1.81. The molecule has 0 bridgehead atoms. The first kappa shape index (κ1) is 15.5. The van der Waals surface area contributed by atoms with Crippen molar-refractivity contribution in [2.75, 3.05) is 6.54 Å². The Morgan fingerprint density at radius 1 is 1.35 bits per heavy atom. The van der Waals surface area contributed by atoms with Crippen molar-refractivity contribution in [1.82, 2.24) is 20.3 Å². The van der Waals surface area contributed by atoms with Crippen molar-refractivity contribution >= 4 is 23.5 Å². The van der Waals surface area contributed by atoms with Crippen molar-refractivity contribution in [3.05, 3.63) is 46.2 Å². The number of aromatic amines is 1. The Bertz CT molecular complexity index is 746. The zero-order valence-electron chi connectivity index (χ0n) is 12.2. The molecule has 0 saturated carbocycles. The molecule has 1 aliphatic rings. The summed E-state index contributed by atoms with van der Waals surface area (Å²) in [4.78, 5) is 25.5. The number of likely N-dealkylation sites (tertiary alicyclic amines) is 1. The number of rotatable bonds is 4. The third-order valence-electron chi connectivity index (χ3n) is 3.97. The molecule has 2 heterocycles. The number of hydrogen-bond acceptors (Lipinski definition) is 4. The van der Waals surface area contributed by atoms with E-state index in [9.17, 15) is 9.59 Å². The molecule has 1 fully saturated rings. The highest BCUT2D eigenvalue weighted by Crippen LogP contribution is 2.32. The van der Waals surface area contributed by atoms with Crippen LogP contribution in [0.2, 0.25) is 5.02 Å². The standard InChI is InChI=1S/C15H15ClN4O3/c16-10-5-2-1-4-9(10)8-12(21)20-7-3-6-11(20)13-14(15(22)23)18-19-17-13/h1-2,4-5,11H,3,6-8H2,(H,22,23)(H,17,18,19). The van der Waals surface area contributed by atoms with Crippen molar-refractivity contribution in [3.63, 3.8) is 0 Å². The first-order valence-electron chi connectivity index (χ1n) is 7.24. The highest BCUT2D eigenvalue weighted by Gasteiger charge is 2.35. The summed E-state index contributed by atoms with van der Waals surface area (Å²) in [5.41, 5.74) is 0.929. The summed E-state index contributed by atoms with van der Waals surface area (Å²) in [6.45, 7) is 0.569. The van der Waals surface area contributed by atoms with E-state index in [4.69, 9.17) is 16.7 Å². The van der Waals surface area contributed by atoms with E-state index in [0.717, 1.165) is 12.0 Å². The molecule has 1 aromatic heterocycles. The van der Waals surface area contributed by atoms with Gasteiger partial charge in [-0.2, -0.15) is 10.3 Å². The van der Waals surface area contributed by atoms with E-state index in [2.05, 4.69) is 15.4 Å². The molecule has 1 unspecified atom stereocenters. The number of nitrogens with zero attached hydrogens (tertiary/aromatic N) is 3. The van der Waals surface area contributed by atoms with Gasteiger partial charge < -0.3 is 10.0 Å². The van der Waals surface area contributed by atoms with Gasteiger partial charge in [-0.1, -0.05) is 29.8 Å². The molecule has 8 heteroatoms. The summed E-state index contributed by atoms with van der Waals surface area (Å²) in [6.07, 6.45) is 1.64. The highest BCUT2D eigenvalue weighted by atomic mass is 35.5. The van der Waals surface area contributed by atoms with Gasteiger partial charge in [0.25, 0.3) is 0 Å². The van der Waals surface area contributed by atoms with E-state index in [0.29, 0.717) is 23.7 Å². The largest absolute Gasteiger partial charge is 0.476 e. The molecule has 2 N–H and O–H groups in total. The Morgan fingerprint density at radius 2 is 2.13 bits per heavy atom. The molecule has 1 amide bonds. The Kier molecular flexibility index (Phi) is 4.29. The Morgan fingerprint density at radius 3 is 2.87 bits per heavy atom. The number of carbonyl (C=O) groups is 2. The number of hydrogen-bond donors (Lipinski definition) is 2. The van der Waals surface area contributed by atoms with Gasteiger partial charge in [-0.05, 0) is 24.5 Å². The normalized spacial score (nSPS) is 17.4. The van der Waals surface area contributed by atoms with Gasteiger partial charge in [0.05, 0.1) is 12.5 Å². The van der Waals surface area contributed by atoms with Crippen LogP contribution < -0.4 is 0 Å². The van der Waals surface area contributed by atoms with Crippen LogP contribution in [-0.2, 0) is 11.2 Å². The Hall–Kier alpha value is -2.41. The number of aromatic carboxylic acids is 1. The predicted octanol–water partition coefficient (Wildman–Crippen LogP) is 2.06. The molecular weight excluding hydrogens is 320 g/mol. The van der Waals surface area contributed by atoms with Crippen LogP contribution in [0, 0.1) is 0 Å². The number of halogens is 1. The van der Waals surface area contributed by atoms with Gasteiger partial charge in [-0.15, -0.1) is 5.10 Å². The first-order valence-corrected chi connectivity index (χ1v) is 7.62. The fourth-order valence-corrected chi connectivity index (χ4v) is 3.09. The number of nitrogens with one attached hydrogen (secondary N) is 1. The number of amides is 1. The Labute approximate surface area is 137 Å². The average Bonchev–Trinajstić information content (AvgIpc) is 3.17. The SMILES string of the molecule is O=C(O)c1n[nH]nc1C1CCCN1C(=O)Cc1ccccc1Cl. The molecule has 0 aliphatic carbocycles. The van der Waals surface area contributed by atoms with E-state index in [1.165, 1.54) is 0 Å². The van der Waals surface area contributed by atoms with Crippen LogP contribution in [0.25, 0.3) is 0 Å². The van der Waals surface area contributed by atoms with Crippen LogP contribution in [0.15, 0.2) is 24.3 Å². The van der Waals surface area contributed by atoms with Crippen molar-refractivity contribution < 1.29 is 14.7 Å². The smallest absolute Gasteiger partial charge is 0.358 e. The highest BCUT2D eigenvalue weighted by molar-refractivity contribution is 6.31. The summed E-state index contributed by atoms with van der Waals surface area (Å²) in [5.74, 6) is -1.25. The molecule has 1 atom stereocenters. The lowest BCUT2D eigenvalue weighted by Gasteiger charge is -2.23. The number of H-pyrrole nitrogens is 1.